The number of rotatable bonds is 2. The molecule has 0 bridgehead atoms. The van der Waals surface area contributed by atoms with Gasteiger partial charge >= 0.3 is 6.18 Å². The number of hydrogen-bond donors (Lipinski definition) is 1. The van der Waals surface area contributed by atoms with Gasteiger partial charge in [-0.1, -0.05) is 11.6 Å². The van der Waals surface area contributed by atoms with Crippen molar-refractivity contribution in [1.29, 1.82) is 0 Å². The van der Waals surface area contributed by atoms with Gasteiger partial charge in [0.05, 0.1) is 12.3 Å². The molecule has 26 heavy (non-hydrogen) atoms. The van der Waals surface area contributed by atoms with Crippen LogP contribution in [-0.4, -0.2) is 39.9 Å². The third-order valence-electron chi connectivity index (χ3n) is 4.78. The van der Waals surface area contributed by atoms with Gasteiger partial charge < -0.3 is 14.6 Å². The van der Waals surface area contributed by atoms with E-state index in [4.69, 9.17) is 16.0 Å². The molecule has 1 N–H and O–H groups in total. The molecular formula is C16H16ClF3N4O2. The second kappa shape index (κ2) is 6.22. The number of halogens is 4. The molecule has 10 heteroatoms. The number of likely N-dealkylation sites (tertiary alicyclic amines) is 1. The van der Waals surface area contributed by atoms with Gasteiger partial charge in [0.15, 0.2) is 11.7 Å². The van der Waals surface area contributed by atoms with Gasteiger partial charge in [-0.15, -0.1) is 0 Å². The summed E-state index contributed by atoms with van der Waals surface area (Å²) in [5.74, 6) is -0.0777. The second-order valence-corrected chi connectivity index (χ2v) is 6.84. The average Bonchev–Trinajstić information content (AvgIpc) is 3.34. The zero-order valence-corrected chi connectivity index (χ0v) is 14.3. The van der Waals surface area contributed by atoms with Crippen molar-refractivity contribution in [3.8, 4) is 0 Å². The van der Waals surface area contributed by atoms with Gasteiger partial charge in [-0.2, -0.15) is 18.3 Å². The molecule has 1 amide bonds. The minimum atomic E-state index is -4.54. The molecule has 1 fully saturated rings. The zero-order valence-electron chi connectivity index (χ0n) is 13.6. The van der Waals surface area contributed by atoms with Gasteiger partial charge in [0.25, 0.3) is 5.91 Å². The van der Waals surface area contributed by atoms with E-state index in [1.807, 2.05) is 0 Å². The summed E-state index contributed by atoms with van der Waals surface area (Å²) in [6.45, 7) is 1.12. The molecule has 2 aromatic rings. The first-order valence-corrected chi connectivity index (χ1v) is 8.68. The Morgan fingerprint density at radius 2 is 2.08 bits per heavy atom. The molecule has 0 spiro atoms. The third-order valence-corrected chi connectivity index (χ3v) is 5.14. The molecule has 140 valence electrons. The fourth-order valence-corrected chi connectivity index (χ4v) is 3.73. The Morgan fingerprint density at radius 1 is 1.35 bits per heavy atom. The highest BCUT2D eigenvalue weighted by atomic mass is 35.5. The van der Waals surface area contributed by atoms with Crippen LogP contribution in [-0.2, 0) is 0 Å². The Bertz CT molecular complexity index is 812. The first-order chi connectivity index (χ1) is 12.4. The molecule has 1 saturated heterocycles. The van der Waals surface area contributed by atoms with Gasteiger partial charge in [-0.05, 0) is 25.0 Å². The SMILES string of the molecule is O=C(c1nn2c(c1Cl)N[C@H](c1ccco1)C[C@@H]2C(F)(F)F)N1CCCC1. The molecule has 0 unspecified atom stereocenters. The van der Waals surface area contributed by atoms with Crippen molar-refractivity contribution in [3.63, 3.8) is 0 Å². The molecule has 2 aromatic heterocycles. The number of aromatic nitrogens is 2. The van der Waals surface area contributed by atoms with Crippen molar-refractivity contribution < 1.29 is 22.4 Å². The number of hydrogen-bond acceptors (Lipinski definition) is 4. The van der Waals surface area contributed by atoms with E-state index in [9.17, 15) is 18.0 Å². The van der Waals surface area contributed by atoms with E-state index in [1.54, 1.807) is 17.0 Å². The predicted molar refractivity (Wildman–Crippen MR) is 87.2 cm³/mol. The van der Waals surface area contributed by atoms with Gasteiger partial charge in [0.1, 0.15) is 16.6 Å². The van der Waals surface area contributed by atoms with E-state index in [1.165, 1.54) is 6.26 Å². The summed E-state index contributed by atoms with van der Waals surface area (Å²) in [6.07, 6.45) is -1.72. The molecule has 6 nitrogen and oxygen atoms in total. The molecule has 0 radical (unpaired) electrons. The van der Waals surface area contributed by atoms with Crippen LogP contribution in [0, 0.1) is 0 Å². The van der Waals surface area contributed by atoms with Crippen molar-refractivity contribution >= 4 is 23.3 Å². The maximum atomic E-state index is 13.6. The van der Waals surface area contributed by atoms with Crippen LogP contribution in [0.25, 0.3) is 0 Å². The van der Waals surface area contributed by atoms with E-state index in [0.717, 1.165) is 17.5 Å². The number of furan rings is 1. The molecular weight excluding hydrogens is 373 g/mol. The lowest BCUT2D eigenvalue weighted by Crippen LogP contribution is -2.35. The fourth-order valence-electron chi connectivity index (χ4n) is 3.47. The minimum absolute atomic E-state index is 0.0100. The summed E-state index contributed by atoms with van der Waals surface area (Å²) >= 11 is 6.27. The monoisotopic (exact) mass is 388 g/mol. The Hall–Kier alpha value is -2.16. The van der Waals surface area contributed by atoms with E-state index in [0.29, 0.717) is 18.8 Å². The summed E-state index contributed by atoms with van der Waals surface area (Å²) in [4.78, 5) is 14.2. The van der Waals surface area contributed by atoms with Crippen molar-refractivity contribution in [1.82, 2.24) is 14.7 Å². The van der Waals surface area contributed by atoms with E-state index >= 15 is 0 Å². The minimum Gasteiger partial charge on any atom is -0.467 e. The third kappa shape index (κ3) is 2.84. The van der Waals surface area contributed by atoms with Crippen LogP contribution >= 0.6 is 11.6 Å². The zero-order chi connectivity index (χ0) is 18.5. The van der Waals surface area contributed by atoms with Gasteiger partial charge in [0.2, 0.25) is 0 Å². The van der Waals surface area contributed by atoms with Crippen LogP contribution in [0.1, 0.15) is 47.6 Å². The molecule has 2 aliphatic rings. The molecule has 4 rings (SSSR count). The number of nitrogens with zero attached hydrogens (tertiary/aromatic N) is 3. The summed E-state index contributed by atoms with van der Waals surface area (Å²) in [6, 6.07) is 0.594. The molecule has 0 aliphatic carbocycles. The quantitative estimate of drug-likeness (QED) is 0.843. The van der Waals surface area contributed by atoms with Crippen molar-refractivity contribution in [2.75, 3.05) is 18.4 Å². The van der Waals surface area contributed by atoms with E-state index in [2.05, 4.69) is 10.4 Å². The normalized spacial score (nSPS) is 23.0. The first kappa shape index (κ1) is 17.3. The number of carbonyl (C=O) groups is 1. The summed E-state index contributed by atoms with van der Waals surface area (Å²) < 4.78 is 46.9. The van der Waals surface area contributed by atoms with Gasteiger partial charge in [0, 0.05) is 19.5 Å². The van der Waals surface area contributed by atoms with Crippen LogP contribution in [0.3, 0.4) is 0 Å². The lowest BCUT2D eigenvalue weighted by molar-refractivity contribution is -0.174. The van der Waals surface area contributed by atoms with Gasteiger partial charge in [-0.25, -0.2) is 4.68 Å². The Kier molecular flexibility index (Phi) is 4.13. The lowest BCUT2D eigenvalue weighted by Gasteiger charge is -2.32. The molecule has 0 saturated carbocycles. The fraction of sp³-hybridized carbons (Fsp3) is 0.500. The van der Waals surface area contributed by atoms with E-state index in [-0.39, 0.29) is 23.0 Å². The molecule has 2 aliphatic heterocycles. The Morgan fingerprint density at radius 3 is 2.69 bits per heavy atom. The smallest absolute Gasteiger partial charge is 0.410 e. The van der Waals surface area contributed by atoms with E-state index < -0.39 is 24.2 Å². The lowest BCUT2D eigenvalue weighted by atomic mass is 10.0. The van der Waals surface area contributed by atoms with Crippen molar-refractivity contribution in [3.05, 3.63) is 34.9 Å². The van der Waals surface area contributed by atoms with Crippen LogP contribution < -0.4 is 5.32 Å². The highest BCUT2D eigenvalue weighted by Crippen LogP contribution is 2.46. The van der Waals surface area contributed by atoms with Crippen LogP contribution in [0.4, 0.5) is 19.0 Å². The summed E-state index contributed by atoms with van der Waals surface area (Å²) in [7, 11) is 0. The largest absolute Gasteiger partial charge is 0.467 e. The topological polar surface area (TPSA) is 63.3 Å². The summed E-state index contributed by atoms with van der Waals surface area (Å²) in [5, 5.41) is 6.79. The second-order valence-electron chi connectivity index (χ2n) is 6.46. The predicted octanol–water partition coefficient (Wildman–Crippen LogP) is 4.03. The number of anilines is 1. The average molecular weight is 389 g/mol. The maximum Gasteiger partial charge on any atom is 0.410 e. The number of amides is 1. The number of nitrogens with one attached hydrogen (secondary N) is 1. The van der Waals surface area contributed by atoms with Crippen LogP contribution in [0.15, 0.2) is 22.8 Å². The van der Waals surface area contributed by atoms with Crippen molar-refractivity contribution in [2.24, 2.45) is 0 Å². The standard InChI is InChI=1S/C16H16ClF3N4O2/c17-12-13(15(25)23-5-1-2-6-23)22-24-11(16(18,19)20)8-9(21-14(12)24)10-4-3-7-26-10/h3-4,7,9,11,21H,1-2,5-6,8H2/t9-,11+/m0/s1. The molecule has 0 aromatic carbocycles. The molecule has 2 atom stereocenters. The van der Waals surface area contributed by atoms with Gasteiger partial charge in [-0.3, -0.25) is 4.79 Å². The number of carbonyl (C=O) groups excluding carboxylic acids is 1. The Labute approximate surface area is 151 Å². The first-order valence-electron chi connectivity index (χ1n) is 8.30. The van der Waals surface area contributed by atoms with Crippen LogP contribution in [0.2, 0.25) is 5.02 Å². The maximum absolute atomic E-state index is 13.6. The Balaban J connectivity index is 1.74. The highest BCUT2D eigenvalue weighted by molar-refractivity contribution is 6.36. The highest BCUT2D eigenvalue weighted by Gasteiger charge is 2.48. The number of fused-ring (bicyclic) bond motifs is 1. The summed E-state index contributed by atoms with van der Waals surface area (Å²) in [5.41, 5.74) is -0.148. The number of alkyl halides is 3. The molecule has 4 heterocycles. The van der Waals surface area contributed by atoms with Crippen LogP contribution in [0.5, 0.6) is 0 Å². The van der Waals surface area contributed by atoms with Crippen molar-refractivity contribution in [2.45, 2.75) is 37.5 Å².